The first-order chi connectivity index (χ1) is 11.6. The van der Waals surface area contributed by atoms with Crippen LogP contribution in [0.4, 0.5) is 10.8 Å². The Labute approximate surface area is 146 Å². The number of fused-ring (bicyclic) bond motifs is 1. The van der Waals surface area contributed by atoms with Crippen molar-refractivity contribution in [2.45, 2.75) is 13.8 Å². The average Bonchev–Trinajstić information content (AvgIpc) is 3.24. The quantitative estimate of drug-likeness (QED) is 0.536. The van der Waals surface area contributed by atoms with Crippen molar-refractivity contribution >= 4 is 44.2 Å². The number of thiazole rings is 2. The van der Waals surface area contributed by atoms with Gasteiger partial charge in [0.25, 0.3) is 0 Å². The zero-order valence-electron chi connectivity index (χ0n) is 13.1. The van der Waals surface area contributed by atoms with Crippen molar-refractivity contribution in [1.29, 1.82) is 0 Å². The van der Waals surface area contributed by atoms with Crippen LogP contribution in [-0.4, -0.2) is 20.2 Å². The number of ketones is 1. The molecule has 0 radical (unpaired) electrons. The molecule has 5 nitrogen and oxygen atoms in total. The van der Waals surface area contributed by atoms with Gasteiger partial charge in [0.15, 0.2) is 15.9 Å². The second kappa shape index (κ2) is 5.85. The van der Waals surface area contributed by atoms with E-state index < -0.39 is 0 Å². The maximum Gasteiger partial charge on any atom is 0.194 e. The average molecular weight is 354 g/mol. The Balaban J connectivity index is 1.66. The summed E-state index contributed by atoms with van der Waals surface area (Å²) in [5.41, 5.74) is 4.43. The number of aryl methyl sites for hydroxylation is 1. The van der Waals surface area contributed by atoms with Gasteiger partial charge in [0.05, 0.1) is 11.4 Å². The lowest BCUT2D eigenvalue weighted by Gasteiger charge is -2.04. The summed E-state index contributed by atoms with van der Waals surface area (Å²) in [6, 6.07) is 7.44. The molecule has 0 saturated heterocycles. The van der Waals surface area contributed by atoms with Crippen molar-refractivity contribution in [3.05, 3.63) is 52.5 Å². The van der Waals surface area contributed by atoms with E-state index in [1.54, 1.807) is 18.3 Å². The number of Topliss-reactive ketones (excluding diaryl/α,β-unsaturated/α-hetero) is 1. The molecule has 0 unspecified atom stereocenters. The van der Waals surface area contributed by atoms with Gasteiger partial charge in [-0.05, 0) is 26.0 Å². The van der Waals surface area contributed by atoms with Gasteiger partial charge in [-0.2, -0.15) is 0 Å². The lowest BCUT2D eigenvalue weighted by Crippen LogP contribution is -1.95. The van der Waals surface area contributed by atoms with Gasteiger partial charge in [-0.25, -0.2) is 9.97 Å². The summed E-state index contributed by atoms with van der Waals surface area (Å²) >= 11 is 3.14. The number of imidazole rings is 1. The van der Waals surface area contributed by atoms with Crippen LogP contribution in [0.3, 0.4) is 0 Å². The fraction of sp³-hybridized carbons (Fsp3) is 0.118. The van der Waals surface area contributed by atoms with Gasteiger partial charge < -0.3 is 5.32 Å². The van der Waals surface area contributed by atoms with Crippen molar-refractivity contribution in [1.82, 2.24) is 14.4 Å². The van der Waals surface area contributed by atoms with E-state index in [2.05, 4.69) is 19.7 Å². The highest BCUT2D eigenvalue weighted by Gasteiger charge is 2.15. The smallest absolute Gasteiger partial charge is 0.194 e. The van der Waals surface area contributed by atoms with Gasteiger partial charge >= 0.3 is 0 Å². The van der Waals surface area contributed by atoms with Crippen molar-refractivity contribution in [3.63, 3.8) is 0 Å². The van der Waals surface area contributed by atoms with E-state index in [0.29, 0.717) is 5.56 Å². The number of hydrogen-bond acceptors (Lipinski definition) is 6. The van der Waals surface area contributed by atoms with Crippen molar-refractivity contribution in [3.8, 4) is 11.4 Å². The molecule has 0 amide bonds. The van der Waals surface area contributed by atoms with Crippen LogP contribution in [0.2, 0.25) is 0 Å². The van der Waals surface area contributed by atoms with Gasteiger partial charge in [0.2, 0.25) is 0 Å². The summed E-state index contributed by atoms with van der Waals surface area (Å²) in [4.78, 5) is 21.7. The third kappa shape index (κ3) is 2.61. The maximum absolute atomic E-state index is 11.5. The van der Waals surface area contributed by atoms with Crippen LogP contribution in [-0.2, 0) is 0 Å². The Morgan fingerprint density at radius 2 is 2.12 bits per heavy atom. The monoisotopic (exact) mass is 354 g/mol. The molecule has 0 atom stereocenters. The summed E-state index contributed by atoms with van der Waals surface area (Å²) in [7, 11) is 0. The molecule has 0 aliphatic carbocycles. The number of nitrogens with one attached hydrogen (secondary N) is 1. The molecule has 4 aromatic rings. The molecule has 0 saturated carbocycles. The minimum absolute atomic E-state index is 0.0493. The maximum atomic E-state index is 11.5. The van der Waals surface area contributed by atoms with Crippen molar-refractivity contribution < 1.29 is 4.79 Å². The van der Waals surface area contributed by atoms with E-state index in [1.807, 2.05) is 48.1 Å². The highest BCUT2D eigenvalue weighted by molar-refractivity contribution is 7.15. The fourth-order valence-electron chi connectivity index (χ4n) is 2.58. The second-order valence-corrected chi connectivity index (χ2v) is 7.13. The lowest BCUT2D eigenvalue weighted by atomic mass is 10.1. The summed E-state index contributed by atoms with van der Waals surface area (Å²) in [5, 5.41) is 8.10. The standard InChI is InChI=1S/C17H14N4OS2/c1-10-15(21-6-7-23-17(21)18-10)14-9-24-16(20-14)19-13-5-3-4-12(8-13)11(2)22/h3-9H,1-2H3,(H,19,20). The molecule has 0 aliphatic rings. The number of carbonyl (C=O) groups excluding carboxylic acids is 1. The normalized spacial score (nSPS) is 11.1. The van der Waals surface area contributed by atoms with Crippen LogP contribution in [0.1, 0.15) is 23.0 Å². The summed E-state index contributed by atoms with van der Waals surface area (Å²) in [6.45, 7) is 3.56. The lowest BCUT2D eigenvalue weighted by molar-refractivity contribution is 0.101. The molecule has 0 spiro atoms. The zero-order valence-corrected chi connectivity index (χ0v) is 14.7. The number of carbonyl (C=O) groups is 1. The van der Waals surface area contributed by atoms with E-state index in [9.17, 15) is 4.79 Å². The molecular weight excluding hydrogens is 340 g/mol. The Bertz CT molecular complexity index is 1040. The predicted molar refractivity (Wildman–Crippen MR) is 98.6 cm³/mol. The van der Waals surface area contributed by atoms with E-state index in [1.165, 1.54) is 11.3 Å². The largest absolute Gasteiger partial charge is 0.332 e. The van der Waals surface area contributed by atoms with Gasteiger partial charge in [0.1, 0.15) is 5.69 Å². The highest BCUT2D eigenvalue weighted by Crippen LogP contribution is 2.31. The number of hydrogen-bond donors (Lipinski definition) is 1. The number of nitrogens with zero attached hydrogens (tertiary/aromatic N) is 3. The predicted octanol–water partition coefficient (Wildman–Crippen LogP) is 4.77. The number of aromatic nitrogens is 3. The Hall–Kier alpha value is -2.51. The van der Waals surface area contributed by atoms with E-state index in [4.69, 9.17) is 0 Å². The Kier molecular flexibility index (Phi) is 3.66. The van der Waals surface area contributed by atoms with E-state index in [-0.39, 0.29) is 5.78 Å². The summed E-state index contributed by atoms with van der Waals surface area (Å²) in [6.07, 6.45) is 2.01. The summed E-state index contributed by atoms with van der Waals surface area (Å²) in [5.74, 6) is 0.0493. The molecule has 1 N–H and O–H groups in total. The minimum Gasteiger partial charge on any atom is -0.332 e. The molecule has 3 heterocycles. The van der Waals surface area contributed by atoms with Gasteiger partial charge in [-0.1, -0.05) is 12.1 Å². The number of rotatable bonds is 4. The molecule has 0 bridgehead atoms. The van der Waals surface area contributed by atoms with Crippen molar-refractivity contribution in [2.24, 2.45) is 0 Å². The van der Waals surface area contributed by atoms with Crippen LogP contribution >= 0.6 is 22.7 Å². The molecule has 0 fully saturated rings. The first kappa shape index (κ1) is 15.0. The van der Waals surface area contributed by atoms with Crippen LogP contribution < -0.4 is 5.32 Å². The molecule has 120 valence electrons. The minimum atomic E-state index is 0.0493. The van der Waals surface area contributed by atoms with Crippen molar-refractivity contribution in [2.75, 3.05) is 5.32 Å². The highest BCUT2D eigenvalue weighted by atomic mass is 32.1. The third-order valence-electron chi connectivity index (χ3n) is 3.70. The molecule has 3 aromatic heterocycles. The van der Waals surface area contributed by atoms with Crippen LogP contribution in [0.15, 0.2) is 41.2 Å². The van der Waals surface area contributed by atoms with Crippen LogP contribution in [0, 0.1) is 6.92 Å². The topological polar surface area (TPSA) is 59.3 Å². The first-order valence-electron chi connectivity index (χ1n) is 7.38. The van der Waals surface area contributed by atoms with E-state index >= 15 is 0 Å². The Morgan fingerprint density at radius 1 is 1.25 bits per heavy atom. The van der Waals surface area contributed by atoms with Gasteiger partial charge in [-0.15, -0.1) is 22.7 Å². The number of benzene rings is 1. The molecule has 1 aromatic carbocycles. The SMILES string of the molecule is CC(=O)c1cccc(Nc2nc(-c3c(C)nc4sccn34)cs2)c1. The third-order valence-corrected chi connectivity index (χ3v) is 5.22. The fourth-order valence-corrected chi connectivity index (χ4v) is 4.06. The molecule has 4 rings (SSSR count). The van der Waals surface area contributed by atoms with E-state index in [0.717, 1.165) is 32.9 Å². The molecular formula is C17H14N4OS2. The van der Waals surface area contributed by atoms with Crippen LogP contribution in [0.25, 0.3) is 16.3 Å². The zero-order chi connectivity index (χ0) is 16.7. The summed E-state index contributed by atoms with van der Waals surface area (Å²) < 4.78 is 2.06. The number of anilines is 2. The van der Waals surface area contributed by atoms with Gasteiger partial charge in [0, 0.05) is 28.2 Å². The van der Waals surface area contributed by atoms with Crippen LogP contribution in [0.5, 0.6) is 0 Å². The molecule has 7 heteroatoms. The second-order valence-electron chi connectivity index (χ2n) is 5.40. The first-order valence-corrected chi connectivity index (χ1v) is 9.14. The molecule has 24 heavy (non-hydrogen) atoms. The Morgan fingerprint density at radius 3 is 2.96 bits per heavy atom. The van der Waals surface area contributed by atoms with Gasteiger partial charge in [-0.3, -0.25) is 9.20 Å². The molecule has 0 aliphatic heterocycles.